The minimum absolute atomic E-state index is 0.0127. The number of hydrogen-bond donors (Lipinski definition) is 0. The summed E-state index contributed by atoms with van der Waals surface area (Å²) in [4.78, 5) is 23.4. The van der Waals surface area contributed by atoms with Gasteiger partial charge in [0.2, 0.25) is 0 Å². The quantitative estimate of drug-likeness (QED) is 0.575. The number of rotatable bonds is 2. The summed E-state index contributed by atoms with van der Waals surface area (Å²) in [5, 5.41) is 0. The fourth-order valence-electron chi connectivity index (χ4n) is 4.62. The van der Waals surface area contributed by atoms with E-state index in [-0.39, 0.29) is 23.5 Å². The second-order valence-corrected chi connectivity index (χ2v) is 7.17. The molecule has 4 unspecified atom stereocenters. The molecule has 2 bridgehead atoms. The molecule has 2 saturated carbocycles. The highest BCUT2D eigenvalue weighted by atomic mass is 16.6. The van der Waals surface area contributed by atoms with Crippen LogP contribution in [0.3, 0.4) is 0 Å². The van der Waals surface area contributed by atoms with Gasteiger partial charge in [0.05, 0.1) is 6.42 Å². The molecule has 0 aromatic carbocycles. The molecule has 3 rings (SSSR count). The maximum atomic E-state index is 11.7. The SMILES string of the molecule is C=C(C)C(=O)OC1CC2CC1CC21CC(=O)OC1(C)C. The van der Waals surface area contributed by atoms with Crippen molar-refractivity contribution in [1.82, 2.24) is 0 Å². The Labute approximate surface area is 119 Å². The highest BCUT2D eigenvalue weighted by molar-refractivity contribution is 5.87. The third-order valence-corrected chi connectivity index (χ3v) is 5.67. The van der Waals surface area contributed by atoms with Crippen LogP contribution >= 0.6 is 0 Å². The van der Waals surface area contributed by atoms with Crippen LogP contribution in [0.1, 0.15) is 46.5 Å². The Balaban J connectivity index is 1.75. The van der Waals surface area contributed by atoms with E-state index < -0.39 is 5.60 Å². The molecule has 3 fully saturated rings. The van der Waals surface area contributed by atoms with Gasteiger partial charge in [0.1, 0.15) is 11.7 Å². The summed E-state index contributed by atoms with van der Waals surface area (Å²) < 4.78 is 11.1. The molecule has 1 aliphatic heterocycles. The average molecular weight is 278 g/mol. The van der Waals surface area contributed by atoms with E-state index in [4.69, 9.17) is 9.47 Å². The Bertz CT molecular complexity index is 493. The van der Waals surface area contributed by atoms with Crippen LogP contribution in [0.2, 0.25) is 0 Å². The van der Waals surface area contributed by atoms with Crippen molar-refractivity contribution < 1.29 is 19.1 Å². The van der Waals surface area contributed by atoms with E-state index in [1.807, 2.05) is 13.8 Å². The van der Waals surface area contributed by atoms with Crippen molar-refractivity contribution in [2.45, 2.75) is 58.2 Å². The molecule has 0 radical (unpaired) electrons. The zero-order valence-electron chi connectivity index (χ0n) is 12.4. The van der Waals surface area contributed by atoms with Gasteiger partial charge in [-0.2, -0.15) is 0 Å². The summed E-state index contributed by atoms with van der Waals surface area (Å²) >= 11 is 0. The van der Waals surface area contributed by atoms with E-state index in [1.54, 1.807) is 6.92 Å². The van der Waals surface area contributed by atoms with Crippen LogP contribution in [0.5, 0.6) is 0 Å². The van der Waals surface area contributed by atoms with Crippen molar-refractivity contribution in [3.8, 4) is 0 Å². The van der Waals surface area contributed by atoms with Gasteiger partial charge in [0.25, 0.3) is 0 Å². The molecule has 20 heavy (non-hydrogen) atoms. The van der Waals surface area contributed by atoms with Crippen LogP contribution in [0.4, 0.5) is 0 Å². The molecule has 0 aromatic rings. The number of esters is 2. The van der Waals surface area contributed by atoms with Gasteiger partial charge in [-0.1, -0.05) is 6.58 Å². The molecule has 4 nitrogen and oxygen atoms in total. The van der Waals surface area contributed by atoms with Gasteiger partial charge in [-0.25, -0.2) is 4.79 Å². The third-order valence-electron chi connectivity index (χ3n) is 5.67. The lowest BCUT2D eigenvalue weighted by molar-refractivity contribution is -0.152. The van der Waals surface area contributed by atoms with Crippen LogP contribution in [0.15, 0.2) is 12.2 Å². The number of ether oxygens (including phenoxy) is 2. The normalized spacial score (nSPS) is 41.0. The Morgan fingerprint density at radius 1 is 1.40 bits per heavy atom. The lowest BCUT2D eigenvalue weighted by atomic mass is 9.63. The smallest absolute Gasteiger partial charge is 0.333 e. The van der Waals surface area contributed by atoms with Crippen molar-refractivity contribution in [2.24, 2.45) is 17.3 Å². The largest absolute Gasteiger partial charge is 0.459 e. The maximum Gasteiger partial charge on any atom is 0.333 e. The summed E-state index contributed by atoms with van der Waals surface area (Å²) in [5.41, 5.74) is -0.00420. The molecule has 0 N–H and O–H groups in total. The van der Waals surface area contributed by atoms with Crippen LogP contribution in [-0.4, -0.2) is 23.6 Å². The highest BCUT2D eigenvalue weighted by Gasteiger charge is 2.66. The zero-order valence-corrected chi connectivity index (χ0v) is 12.4. The first kappa shape index (κ1) is 13.7. The van der Waals surface area contributed by atoms with Gasteiger partial charge in [-0.3, -0.25) is 4.79 Å². The second-order valence-electron chi connectivity index (χ2n) is 7.17. The number of carbonyl (C=O) groups excluding carboxylic acids is 2. The minimum atomic E-state index is -0.396. The summed E-state index contributed by atoms with van der Waals surface area (Å²) in [6, 6.07) is 0. The van der Waals surface area contributed by atoms with Crippen molar-refractivity contribution in [3.63, 3.8) is 0 Å². The first-order valence-corrected chi connectivity index (χ1v) is 7.33. The lowest BCUT2D eigenvalue weighted by Crippen LogP contribution is -2.46. The van der Waals surface area contributed by atoms with E-state index in [2.05, 4.69) is 6.58 Å². The van der Waals surface area contributed by atoms with E-state index in [0.717, 1.165) is 19.3 Å². The predicted octanol–water partition coefficient (Wildman–Crippen LogP) is 2.62. The Kier molecular flexibility index (Phi) is 2.79. The van der Waals surface area contributed by atoms with Gasteiger partial charge in [-0.05, 0) is 51.9 Å². The number of fused-ring (bicyclic) bond motifs is 3. The Morgan fingerprint density at radius 3 is 2.55 bits per heavy atom. The van der Waals surface area contributed by atoms with E-state index in [9.17, 15) is 9.59 Å². The first-order chi connectivity index (χ1) is 9.25. The Morgan fingerprint density at radius 2 is 2.10 bits per heavy atom. The molecule has 0 aromatic heterocycles. The van der Waals surface area contributed by atoms with Crippen molar-refractivity contribution in [2.75, 3.05) is 0 Å². The van der Waals surface area contributed by atoms with Crippen LogP contribution < -0.4 is 0 Å². The van der Waals surface area contributed by atoms with Gasteiger partial charge in [0.15, 0.2) is 0 Å². The van der Waals surface area contributed by atoms with Crippen LogP contribution in [0, 0.1) is 17.3 Å². The fourth-order valence-corrected chi connectivity index (χ4v) is 4.62. The standard InChI is InChI=1S/C16H22O4/c1-9(2)14(18)19-12-6-11-5-10(12)7-16(11)8-13(17)20-15(16,3)4/h10-12H,1,5-8H2,2-4H3. The fraction of sp³-hybridized carbons (Fsp3) is 0.750. The molecule has 4 heteroatoms. The van der Waals surface area contributed by atoms with Crippen molar-refractivity contribution in [3.05, 3.63) is 12.2 Å². The predicted molar refractivity (Wildman–Crippen MR) is 72.7 cm³/mol. The second kappa shape index (κ2) is 4.09. The number of hydrogen-bond acceptors (Lipinski definition) is 4. The topological polar surface area (TPSA) is 52.6 Å². The highest BCUT2D eigenvalue weighted by Crippen LogP contribution is 2.65. The summed E-state index contributed by atoms with van der Waals surface area (Å²) in [6.07, 6.45) is 3.31. The van der Waals surface area contributed by atoms with E-state index in [1.165, 1.54) is 0 Å². The molecule has 0 amide bonds. The lowest BCUT2D eigenvalue weighted by Gasteiger charge is -2.43. The molecule has 1 heterocycles. The molecule has 3 aliphatic rings. The third kappa shape index (κ3) is 1.73. The minimum Gasteiger partial charge on any atom is -0.459 e. The average Bonchev–Trinajstić information content (AvgIpc) is 2.91. The summed E-state index contributed by atoms with van der Waals surface area (Å²) in [7, 11) is 0. The van der Waals surface area contributed by atoms with E-state index in [0.29, 0.717) is 23.8 Å². The summed E-state index contributed by atoms with van der Waals surface area (Å²) in [6.45, 7) is 9.34. The molecule has 2 aliphatic carbocycles. The molecular weight excluding hydrogens is 256 g/mol. The molecule has 1 saturated heterocycles. The number of carbonyl (C=O) groups is 2. The Hall–Kier alpha value is -1.32. The zero-order chi connectivity index (χ0) is 14.7. The van der Waals surface area contributed by atoms with Crippen molar-refractivity contribution in [1.29, 1.82) is 0 Å². The maximum absolute atomic E-state index is 11.7. The molecular formula is C16H22O4. The number of cyclic esters (lactones) is 1. The molecule has 110 valence electrons. The van der Waals surface area contributed by atoms with Gasteiger partial charge in [0, 0.05) is 11.0 Å². The van der Waals surface area contributed by atoms with Gasteiger partial charge >= 0.3 is 11.9 Å². The van der Waals surface area contributed by atoms with Crippen LogP contribution in [-0.2, 0) is 19.1 Å². The van der Waals surface area contributed by atoms with Crippen LogP contribution in [0.25, 0.3) is 0 Å². The molecule has 4 atom stereocenters. The van der Waals surface area contributed by atoms with E-state index >= 15 is 0 Å². The van der Waals surface area contributed by atoms with Gasteiger partial charge < -0.3 is 9.47 Å². The van der Waals surface area contributed by atoms with Crippen molar-refractivity contribution >= 4 is 11.9 Å². The first-order valence-electron chi connectivity index (χ1n) is 7.33. The molecule has 1 spiro atoms. The van der Waals surface area contributed by atoms with Gasteiger partial charge in [-0.15, -0.1) is 0 Å². The monoisotopic (exact) mass is 278 g/mol. The summed E-state index contributed by atoms with van der Waals surface area (Å²) in [5.74, 6) is 0.390.